The Morgan fingerprint density at radius 1 is 0.290 bits per heavy atom. The molecule has 17 heteroatoms. The van der Waals surface area contributed by atoms with Gasteiger partial charge < -0.3 is 51.4 Å². The molecule has 402 valence electrons. The Morgan fingerprint density at radius 3 is 0.826 bits per heavy atom. The van der Waals surface area contributed by atoms with E-state index in [4.69, 9.17) is 14.2 Å². The lowest BCUT2D eigenvalue weighted by Crippen LogP contribution is -2.58. The standard InChI is InChI=1S/C52H99N7O10/c1-5-9-13-14-15-16-17-18-22-29-51(66)59-52(42-67-39-30-48(63)56-36-23-33-53-45(60)26-19-10-6-2,43-68-40-31-49(64)57-37-24-34-54-46(61)27-20-11-7-3)44-69-41-32-50(65)58-38-25-35-55-47(62)28-21-12-8-4/h5-44H2,1-4H3,(H,53,60)(H,54,61)(H,55,62)(H,56,63)(H,57,64)(H,58,65)(H,59,66). The molecule has 0 aliphatic carbocycles. The molecular weight excluding hydrogens is 883 g/mol. The van der Waals surface area contributed by atoms with E-state index < -0.39 is 5.54 Å². The molecule has 7 amide bonds. The van der Waals surface area contributed by atoms with Gasteiger partial charge >= 0.3 is 0 Å². The van der Waals surface area contributed by atoms with E-state index in [-0.39, 0.29) is 100 Å². The maximum absolute atomic E-state index is 13.6. The average molecular weight is 982 g/mol. The fourth-order valence-corrected chi connectivity index (χ4v) is 7.25. The molecule has 0 radical (unpaired) electrons. The van der Waals surface area contributed by atoms with E-state index in [1.54, 1.807) is 0 Å². The van der Waals surface area contributed by atoms with Gasteiger partial charge in [0.1, 0.15) is 5.54 Å². The van der Waals surface area contributed by atoms with Gasteiger partial charge in [0.2, 0.25) is 41.4 Å². The number of nitrogens with one attached hydrogen (secondary N) is 7. The first-order chi connectivity index (χ1) is 33.5. The quantitative estimate of drug-likeness (QED) is 0.0323. The molecule has 0 aromatic rings. The highest BCUT2D eigenvalue weighted by atomic mass is 16.5. The van der Waals surface area contributed by atoms with Crippen molar-refractivity contribution in [1.29, 1.82) is 0 Å². The first-order valence-corrected chi connectivity index (χ1v) is 27.1. The van der Waals surface area contributed by atoms with E-state index >= 15 is 0 Å². The van der Waals surface area contributed by atoms with Crippen molar-refractivity contribution in [1.82, 2.24) is 37.2 Å². The number of carbonyl (C=O) groups is 7. The van der Waals surface area contributed by atoms with Crippen molar-refractivity contribution in [3.8, 4) is 0 Å². The van der Waals surface area contributed by atoms with Crippen molar-refractivity contribution in [2.45, 2.75) is 213 Å². The molecular formula is C52H99N7O10. The van der Waals surface area contributed by atoms with E-state index in [1.165, 1.54) is 32.1 Å². The van der Waals surface area contributed by atoms with E-state index in [2.05, 4.69) is 64.9 Å². The van der Waals surface area contributed by atoms with Crippen LogP contribution in [0.4, 0.5) is 0 Å². The van der Waals surface area contributed by atoms with Crippen LogP contribution in [0.5, 0.6) is 0 Å². The number of unbranched alkanes of at least 4 members (excludes halogenated alkanes) is 14. The molecule has 7 N–H and O–H groups in total. The maximum atomic E-state index is 13.6. The summed E-state index contributed by atoms with van der Waals surface area (Å²) in [4.78, 5) is 87.6. The van der Waals surface area contributed by atoms with Crippen LogP contribution in [0.3, 0.4) is 0 Å². The number of carbonyl (C=O) groups excluding carboxylic acids is 7. The highest BCUT2D eigenvalue weighted by molar-refractivity contribution is 5.78. The minimum absolute atomic E-state index is 0.0180. The Bertz CT molecular complexity index is 1210. The van der Waals surface area contributed by atoms with Gasteiger partial charge in [0.05, 0.1) is 39.6 Å². The summed E-state index contributed by atoms with van der Waals surface area (Å²) in [6, 6.07) is 0. The zero-order chi connectivity index (χ0) is 50.9. The molecule has 0 aliphatic rings. The molecule has 17 nitrogen and oxygen atoms in total. The van der Waals surface area contributed by atoms with Gasteiger partial charge in [-0.15, -0.1) is 0 Å². The SMILES string of the molecule is CCCCCCCCCCCC(=O)NC(COCCC(=O)NCCCNC(=O)CCCCC)(COCCC(=O)NCCCNC(=O)CCCCC)COCCC(=O)NCCCNC(=O)CCCCC. The molecule has 0 unspecified atom stereocenters. The largest absolute Gasteiger partial charge is 0.378 e. The van der Waals surface area contributed by atoms with Crippen molar-refractivity contribution in [3.05, 3.63) is 0 Å². The normalized spacial score (nSPS) is 11.2. The zero-order valence-corrected chi connectivity index (χ0v) is 43.9. The van der Waals surface area contributed by atoms with Crippen molar-refractivity contribution < 1.29 is 47.8 Å². The van der Waals surface area contributed by atoms with Crippen LogP contribution in [0.2, 0.25) is 0 Å². The summed E-state index contributed by atoms with van der Waals surface area (Å²) >= 11 is 0. The fraction of sp³-hybridized carbons (Fsp3) is 0.865. The van der Waals surface area contributed by atoms with Gasteiger partial charge in [0.15, 0.2) is 0 Å². The van der Waals surface area contributed by atoms with Crippen molar-refractivity contribution in [3.63, 3.8) is 0 Å². The second kappa shape index (κ2) is 47.8. The summed E-state index contributed by atoms with van der Waals surface area (Å²) < 4.78 is 18.2. The molecule has 69 heavy (non-hydrogen) atoms. The van der Waals surface area contributed by atoms with E-state index in [1.807, 2.05) is 0 Å². The van der Waals surface area contributed by atoms with Crippen molar-refractivity contribution >= 4 is 41.4 Å². The van der Waals surface area contributed by atoms with Gasteiger partial charge in [-0.1, -0.05) is 118 Å². The third kappa shape index (κ3) is 43.9. The lowest BCUT2D eigenvalue weighted by molar-refractivity contribution is -0.130. The van der Waals surface area contributed by atoms with Crippen LogP contribution in [0.15, 0.2) is 0 Å². The molecule has 0 spiro atoms. The minimum atomic E-state index is -1.19. The topological polar surface area (TPSA) is 231 Å². The highest BCUT2D eigenvalue weighted by Gasteiger charge is 2.34. The molecule has 0 aromatic carbocycles. The molecule has 0 heterocycles. The molecule has 0 atom stereocenters. The second-order valence-electron chi connectivity index (χ2n) is 18.3. The Labute approximate surface area is 417 Å². The predicted octanol–water partition coefficient (Wildman–Crippen LogP) is 6.59. The van der Waals surface area contributed by atoms with Crippen LogP contribution in [0.25, 0.3) is 0 Å². The van der Waals surface area contributed by atoms with Crippen LogP contribution >= 0.6 is 0 Å². The van der Waals surface area contributed by atoms with Gasteiger partial charge in [0, 0.05) is 84.2 Å². The van der Waals surface area contributed by atoms with E-state index in [0.29, 0.717) is 90.6 Å². The van der Waals surface area contributed by atoms with Crippen LogP contribution in [-0.4, -0.2) is 126 Å². The van der Waals surface area contributed by atoms with Gasteiger partial charge in [0.25, 0.3) is 0 Å². The van der Waals surface area contributed by atoms with Crippen molar-refractivity contribution in [2.24, 2.45) is 0 Å². The summed E-state index contributed by atoms with van der Waals surface area (Å²) in [6.07, 6.45) is 22.6. The molecule has 0 aliphatic heterocycles. The summed E-state index contributed by atoms with van der Waals surface area (Å²) in [5.74, 6) is -0.778. The smallest absolute Gasteiger partial charge is 0.222 e. The van der Waals surface area contributed by atoms with Crippen LogP contribution < -0.4 is 37.2 Å². The van der Waals surface area contributed by atoms with Crippen LogP contribution in [0.1, 0.15) is 207 Å². The maximum Gasteiger partial charge on any atom is 0.222 e. The van der Waals surface area contributed by atoms with Crippen molar-refractivity contribution in [2.75, 3.05) is 78.9 Å². The summed E-state index contributed by atoms with van der Waals surface area (Å²) in [5.41, 5.74) is -1.19. The zero-order valence-electron chi connectivity index (χ0n) is 43.9. The van der Waals surface area contributed by atoms with E-state index in [0.717, 1.165) is 77.0 Å². The molecule has 0 saturated heterocycles. The van der Waals surface area contributed by atoms with Crippen LogP contribution in [0, 0.1) is 0 Å². The van der Waals surface area contributed by atoms with Gasteiger partial charge in [-0.3, -0.25) is 33.6 Å². The molecule has 0 aromatic heterocycles. The minimum Gasteiger partial charge on any atom is -0.378 e. The third-order valence-corrected chi connectivity index (χ3v) is 11.5. The molecule has 0 rings (SSSR count). The lowest BCUT2D eigenvalue weighted by Gasteiger charge is -2.34. The lowest BCUT2D eigenvalue weighted by atomic mass is 10.0. The number of hydrogen-bond acceptors (Lipinski definition) is 10. The summed E-state index contributed by atoms with van der Waals surface area (Å²) in [6.45, 7) is 11.1. The Balaban J connectivity index is 5.50. The third-order valence-electron chi connectivity index (χ3n) is 11.5. The molecule has 0 bridgehead atoms. The second-order valence-corrected chi connectivity index (χ2v) is 18.3. The summed E-state index contributed by atoms with van der Waals surface area (Å²) in [5, 5.41) is 20.4. The monoisotopic (exact) mass is 982 g/mol. The Hall–Kier alpha value is -3.83. The number of rotatable bonds is 50. The molecule has 0 saturated carbocycles. The number of hydrogen-bond donors (Lipinski definition) is 7. The van der Waals surface area contributed by atoms with Gasteiger partial charge in [-0.2, -0.15) is 0 Å². The van der Waals surface area contributed by atoms with Gasteiger partial charge in [-0.25, -0.2) is 0 Å². The van der Waals surface area contributed by atoms with E-state index in [9.17, 15) is 33.6 Å². The fourth-order valence-electron chi connectivity index (χ4n) is 7.25. The first kappa shape index (κ1) is 65.2. The Kier molecular flexibility index (Phi) is 45.2. The predicted molar refractivity (Wildman–Crippen MR) is 273 cm³/mol. The van der Waals surface area contributed by atoms with Gasteiger partial charge in [-0.05, 0) is 44.9 Å². The Morgan fingerprint density at radius 2 is 0.522 bits per heavy atom. The summed E-state index contributed by atoms with van der Waals surface area (Å²) in [7, 11) is 0. The average Bonchev–Trinajstić information content (AvgIpc) is 3.32. The highest BCUT2D eigenvalue weighted by Crippen LogP contribution is 2.14. The number of ether oxygens (including phenoxy) is 3. The first-order valence-electron chi connectivity index (χ1n) is 27.1. The molecule has 0 fully saturated rings. The van der Waals surface area contributed by atoms with Crippen LogP contribution in [-0.2, 0) is 47.8 Å². The number of amides is 7.